The minimum atomic E-state index is -3.53. The average Bonchev–Trinajstić information content (AvgIpc) is 2.22. The Hall–Kier alpha value is -1.56. The minimum absolute atomic E-state index is 0.222. The zero-order valence-electron chi connectivity index (χ0n) is 13.5. The molecule has 6 heteroatoms. The summed E-state index contributed by atoms with van der Waals surface area (Å²) >= 11 is 0. The van der Waals surface area contributed by atoms with Gasteiger partial charge in [0.1, 0.15) is 6.54 Å². The van der Waals surface area contributed by atoms with Gasteiger partial charge in [-0.05, 0) is 46.2 Å². The summed E-state index contributed by atoms with van der Waals surface area (Å²) in [6.07, 6.45) is 1.11. The third-order valence-electron chi connectivity index (χ3n) is 2.82. The lowest BCUT2D eigenvalue weighted by Crippen LogP contribution is -2.47. The van der Waals surface area contributed by atoms with Crippen LogP contribution in [0.3, 0.4) is 0 Å². The molecule has 0 aromatic heterocycles. The van der Waals surface area contributed by atoms with E-state index in [1.54, 1.807) is 6.07 Å². The molecule has 0 unspecified atom stereocenters. The topological polar surface area (TPSA) is 66.5 Å². The zero-order chi connectivity index (χ0) is 16.4. The molecular weight excluding hydrogens is 288 g/mol. The number of rotatable bonds is 4. The van der Waals surface area contributed by atoms with E-state index in [-0.39, 0.29) is 12.5 Å². The summed E-state index contributed by atoms with van der Waals surface area (Å²) in [7, 11) is -3.53. The van der Waals surface area contributed by atoms with Crippen LogP contribution < -0.4 is 9.62 Å². The fraction of sp³-hybridized carbons (Fsp3) is 0.533. The first-order valence-corrected chi connectivity index (χ1v) is 8.61. The summed E-state index contributed by atoms with van der Waals surface area (Å²) in [6, 6.07) is 5.47. The summed E-state index contributed by atoms with van der Waals surface area (Å²) in [5, 5.41) is 2.78. The number of hydrogen-bond acceptors (Lipinski definition) is 3. The van der Waals surface area contributed by atoms with Crippen molar-refractivity contribution in [3.63, 3.8) is 0 Å². The molecule has 1 aromatic rings. The third kappa shape index (κ3) is 5.38. The molecule has 0 saturated carbocycles. The molecule has 0 aliphatic carbocycles. The average molecular weight is 312 g/mol. The predicted octanol–water partition coefficient (Wildman–Crippen LogP) is 1.98. The molecule has 118 valence electrons. The summed E-state index contributed by atoms with van der Waals surface area (Å²) in [5.41, 5.74) is 2.00. The van der Waals surface area contributed by atoms with Gasteiger partial charge in [-0.25, -0.2) is 8.42 Å². The number of sulfonamides is 1. The van der Waals surface area contributed by atoms with E-state index in [4.69, 9.17) is 0 Å². The van der Waals surface area contributed by atoms with Gasteiger partial charge in [-0.3, -0.25) is 9.10 Å². The molecule has 0 saturated heterocycles. The number of benzene rings is 1. The standard InChI is InChI=1S/C15H24N2O3S/c1-11-7-8-13(12(2)9-11)17(21(6,19)20)10-14(18)16-15(3,4)5/h7-9H,10H2,1-6H3,(H,16,18). The molecule has 1 amide bonds. The second kappa shape index (κ2) is 6.05. The van der Waals surface area contributed by atoms with Crippen LogP contribution >= 0.6 is 0 Å². The lowest BCUT2D eigenvalue weighted by Gasteiger charge is -2.26. The van der Waals surface area contributed by atoms with Gasteiger partial charge in [-0.15, -0.1) is 0 Å². The van der Waals surface area contributed by atoms with Gasteiger partial charge < -0.3 is 5.32 Å². The van der Waals surface area contributed by atoms with Crippen molar-refractivity contribution in [2.45, 2.75) is 40.2 Å². The van der Waals surface area contributed by atoms with Crippen LogP contribution in [-0.4, -0.2) is 32.7 Å². The van der Waals surface area contributed by atoms with E-state index < -0.39 is 15.6 Å². The normalized spacial score (nSPS) is 12.1. The van der Waals surface area contributed by atoms with E-state index in [1.165, 1.54) is 0 Å². The maximum absolute atomic E-state index is 12.1. The van der Waals surface area contributed by atoms with Gasteiger partial charge in [-0.2, -0.15) is 0 Å². The smallest absolute Gasteiger partial charge is 0.241 e. The molecule has 1 rings (SSSR count). The molecule has 0 aliphatic rings. The highest BCUT2D eigenvalue weighted by atomic mass is 32.2. The Balaban J connectivity index is 3.11. The van der Waals surface area contributed by atoms with Gasteiger partial charge in [0.05, 0.1) is 11.9 Å². The highest BCUT2D eigenvalue weighted by Gasteiger charge is 2.24. The Labute approximate surface area is 127 Å². The highest BCUT2D eigenvalue weighted by molar-refractivity contribution is 7.92. The fourth-order valence-corrected chi connectivity index (χ4v) is 2.97. The Morgan fingerprint density at radius 2 is 1.81 bits per heavy atom. The Morgan fingerprint density at radius 3 is 2.24 bits per heavy atom. The molecular formula is C15H24N2O3S. The molecule has 0 heterocycles. The van der Waals surface area contributed by atoms with Gasteiger partial charge in [0.25, 0.3) is 0 Å². The SMILES string of the molecule is Cc1ccc(N(CC(=O)NC(C)(C)C)S(C)(=O)=O)c(C)c1. The molecule has 0 atom stereocenters. The molecule has 0 radical (unpaired) electrons. The lowest BCUT2D eigenvalue weighted by molar-refractivity contribution is -0.121. The molecule has 0 bridgehead atoms. The van der Waals surface area contributed by atoms with Crippen molar-refractivity contribution in [3.05, 3.63) is 29.3 Å². The fourth-order valence-electron chi connectivity index (χ4n) is 2.05. The number of aryl methyl sites for hydroxylation is 2. The molecule has 21 heavy (non-hydrogen) atoms. The first-order chi connectivity index (χ1) is 9.40. The van der Waals surface area contributed by atoms with E-state index in [9.17, 15) is 13.2 Å². The van der Waals surface area contributed by atoms with Gasteiger partial charge in [0.15, 0.2) is 0 Å². The van der Waals surface area contributed by atoms with Gasteiger partial charge >= 0.3 is 0 Å². The molecule has 5 nitrogen and oxygen atoms in total. The molecule has 0 fully saturated rings. The zero-order valence-corrected chi connectivity index (χ0v) is 14.3. The largest absolute Gasteiger partial charge is 0.350 e. The minimum Gasteiger partial charge on any atom is -0.350 e. The number of anilines is 1. The van der Waals surface area contributed by atoms with Crippen LogP contribution in [0.15, 0.2) is 18.2 Å². The van der Waals surface area contributed by atoms with Crippen molar-refractivity contribution in [3.8, 4) is 0 Å². The number of hydrogen-bond donors (Lipinski definition) is 1. The number of amides is 1. The number of carbonyl (C=O) groups excluding carboxylic acids is 1. The van der Waals surface area contributed by atoms with Crippen molar-refractivity contribution >= 4 is 21.6 Å². The number of nitrogens with one attached hydrogen (secondary N) is 1. The van der Waals surface area contributed by atoms with Crippen molar-refractivity contribution in [1.29, 1.82) is 0 Å². The van der Waals surface area contributed by atoms with Crippen LogP contribution in [0.4, 0.5) is 5.69 Å². The van der Waals surface area contributed by atoms with Gasteiger partial charge in [0.2, 0.25) is 15.9 Å². The molecule has 0 spiro atoms. The predicted molar refractivity (Wildman–Crippen MR) is 86.0 cm³/mol. The second-order valence-corrected chi connectivity index (χ2v) is 8.26. The Kier molecular flexibility index (Phi) is 5.04. The summed E-state index contributed by atoms with van der Waals surface area (Å²) in [6.45, 7) is 9.11. The maximum atomic E-state index is 12.1. The van der Waals surface area contributed by atoms with Crippen LogP contribution in [0.1, 0.15) is 31.9 Å². The Morgan fingerprint density at radius 1 is 1.24 bits per heavy atom. The van der Waals surface area contributed by atoms with Crippen molar-refractivity contribution < 1.29 is 13.2 Å². The molecule has 1 N–H and O–H groups in total. The summed E-state index contributed by atoms with van der Waals surface area (Å²) < 4.78 is 25.2. The van der Waals surface area contributed by atoms with Crippen molar-refractivity contribution in [2.75, 3.05) is 17.1 Å². The summed E-state index contributed by atoms with van der Waals surface area (Å²) in [5.74, 6) is -0.326. The second-order valence-electron chi connectivity index (χ2n) is 6.36. The van der Waals surface area contributed by atoms with Crippen molar-refractivity contribution in [2.24, 2.45) is 0 Å². The third-order valence-corrected chi connectivity index (χ3v) is 3.95. The first kappa shape index (κ1) is 17.5. The lowest BCUT2D eigenvalue weighted by atomic mass is 10.1. The van der Waals surface area contributed by atoms with E-state index in [0.717, 1.165) is 21.7 Å². The number of carbonyl (C=O) groups is 1. The van der Waals surface area contributed by atoms with E-state index >= 15 is 0 Å². The van der Waals surface area contributed by atoms with E-state index in [0.29, 0.717) is 5.69 Å². The monoisotopic (exact) mass is 312 g/mol. The van der Waals surface area contributed by atoms with E-state index in [2.05, 4.69) is 5.32 Å². The Bertz CT molecular complexity index is 631. The van der Waals surface area contributed by atoms with E-state index in [1.807, 2.05) is 46.8 Å². The maximum Gasteiger partial charge on any atom is 0.241 e. The van der Waals surface area contributed by atoms with Crippen LogP contribution in [0.25, 0.3) is 0 Å². The van der Waals surface area contributed by atoms with Gasteiger partial charge in [-0.1, -0.05) is 17.7 Å². The van der Waals surface area contributed by atoms with Crippen LogP contribution in [0.2, 0.25) is 0 Å². The van der Waals surface area contributed by atoms with Crippen molar-refractivity contribution in [1.82, 2.24) is 5.32 Å². The van der Waals surface area contributed by atoms with Crippen LogP contribution in [-0.2, 0) is 14.8 Å². The molecule has 1 aromatic carbocycles. The van der Waals surface area contributed by atoms with Crippen LogP contribution in [0.5, 0.6) is 0 Å². The van der Waals surface area contributed by atoms with Crippen LogP contribution in [0, 0.1) is 13.8 Å². The van der Waals surface area contributed by atoms with Gasteiger partial charge in [0, 0.05) is 5.54 Å². The first-order valence-electron chi connectivity index (χ1n) is 6.76. The highest BCUT2D eigenvalue weighted by Crippen LogP contribution is 2.23. The molecule has 0 aliphatic heterocycles. The quantitative estimate of drug-likeness (QED) is 0.924. The number of nitrogens with zero attached hydrogens (tertiary/aromatic N) is 1. The summed E-state index contributed by atoms with van der Waals surface area (Å²) in [4.78, 5) is 12.1.